The maximum absolute atomic E-state index is 10.4. The van der Waals surface area contributed by atoms with Gasteiger partial charge in [-0.05, 0) is 12.8 Å². The molecule has 0 aliphatic carbocycles. The zero-order valence-corrected chi connectivity index (χ0v) is 9.70. The van der Waals surface area contributed by atoms with Crippen molar-refractivity contribution < 1.29 is 9.84 Å². The van der Waals surface area contributed by atoms with Gasteiger partial charge in [-0.25, -0.2) is 0 Å². The molecule has 0 aromatic heterocycles. The van der Waals surface area contributed by atoms with Crippen LogP contribution in [0.1, 0.15) is 46.0 Å². The van der Waals surface area contributed by atoms with E-state index < -0.39 is 5.60 Å². The Morgan fingerprint density at radius 3 is 2.87 bits per heavy atom. The van der Waals surface area contributed by atoms with E-state index in [-0.39, 0.29) is 12.0 Å². The Hall–Kier alpha value is -0.590. The van der Waals surface area contributed by atoms with E-state index in [1.165, 1.54) is 0 Å². The molecule has 0 amide bonds. The Balaban J connectivity index is 2.63. The minimum absolute atomic E-state index is 0.135. The second kappa shape index (κ2) is 5.48. The van der Waals surface area contributed by atoms with Crippen molar-refractivity contribution in [2.75, 3.05) is 6.61 Å². The van der Waals surface area contributed by atoms with Crippen LogP contribution in [0.15, 0.2) is 0 Å². The lowest BCUT2D eigenvalue weighted by atomic mass is 9.78. The van der Waals surface area contributed by atoms with Gasteiger partial charge in [-0.1, -0.05) is 20.3 Å². The highest BCUT2D eigenvalue weighted by Crippen LogP contribution is 2.34. The molecule has 3 unspecified atom stereocenters. The van der Waals surface area contributed by atoms with Gasteiger partial charge in [0.05, 0.1) is 23.7 Å². The minimum Gasteiger partial charge on any atom is -0.388 e. The fourth-order valence-corrected chi connectivity index (χ4v) is 2.37. The molecule has 0 radical (unpaired) electrons. The van der Waals surface area contributed by atoms with E-state index in [9.17, 15) is 5.11 Å². The molecule has 3 heteroatoms. The lowest BCUT2D eigenvalue weighted by molar-refractivity contribution is -0.123. The largest absolute Gasteiger partial charge is 0.388 e. The van der Waals surface area contributed by atoms with Crippen molar-refractivity contribution in [3.63, 3.8) is 0 Å². The van der Waals surface area contributed by atoms with Gasteiger partial charge in [0.15, 0.2) is 0 Å². The second-order valence-corrected chi connectivity index (χ2v) is 4.43. The first-order valence-electron chi connectivity index (χ1n) is 5.90. The molecule has 1 heterocycles. The third-order valence-corrected chi connectivity index (χ3v) is 3.29. The normalized spacial score (nSPS) is 33.3. The van der Waals surface area contributed by atoms with Crippen LogP contribution in [0.5, 0.6) is 0 Å². The molecule has 3 atom stereocenters. The molecular weight excluding hydrogens is 190 g/mol. The number of nitrogens with zero attached hydrogens (tertiary/aromatic N) is 1. The lowest BCUT2D eigenvalue weighted by Gasteiger charge is -2.39. The maximum Gasteiger partial charge on any atom is 0.0851 e. The fraction of sp³-hybridized carbons (Fsp3) is 0.917. The Morgan fingerprint density at radius 1 is 1.60 bits per heavy atom. The fourth-order valence-electron chi connectivity index (χ4n) is 2.37. The number of nitriles is 1. The predicted molar refractivity (Wildman–Crippen MR) is 58.2 cm³/mol. The Bertz CT molecular complexity index is 234. The average Bonchev–Trinajstić information content (AvgIpc) is 2.19. The van der Waals surface area contributed by atoms with Gasteiger partial charge in [0.2, 0.25) is 0 Å². The van der Waals surface area contributed by atoms with Crippen molar-refractivity contribution in [1.29, 1.82) is 5.26 Å². The summed E-state index contributed by atoms with van der Waals surface area (Å²) in [7, 11) is 0. The van der Waals surface area contributed by atoms with Crippen LogP contribution in [0.3, 0.4) is 0 Å². The van der Waals surface area contributed by atoms with Gasteiger partial charge >= 0.3 is 0 Å². The zero-order chi connectivity index (χ0) is 11.3. The van der Waals surface area contributed by atoms with Gasteiger partial charge in [-0.15, -0.1) is 0 Å². The number of rotatable bonds is 4. The van der Waals surface area contributed by atoms with E-state index in [4.69, 9.17) is 10.00 Å². The number of hydrogen-bond acceptors (Lipinski definition) is 3. The van der Waals surface area contributed by atoms with Gasteiger partial charge in [-0.3, -0.25) is 0 Å². The maximum atomic E-state index is 10.4. The monoisotopic (exact) mass is 211 g/mol. The van der Waals surface area contributed by atoms with E-state index in [2.05, 4.69) is 13.0 Å². The molecule has 86 valence electrons. The van der Waals surface area contributed by atoms with Gasteiger partial charge in [0.25, 0.3) is 0 Å². The molecule has 1 fully saturated rings. The predicted octanol–water partition coefficient (Wildman–Crippen LogP) is 2.25. The molecule has 0 bridgehead atoms. The standard InChI is InChI=1S/C12H21NO2/c1-3-5-11-8-12(14,6-7-15-11)10(4-2)9-13/h10-11,14H,3-8H2,1-2H3. The summed E-state index contributed by atoms with van der Waals surface area (Å²) in [5, 5.41) is 19.4. The topological polar surface area (TPSA) is 53.2 Å². The Kier molecular flexibility index (Phi) is 4.56. The molecule has 15 heavy (non-hydrogen) atoms. The highest BCUT2D eigenvalue weighted by Gasteiger charge is 2.40. The Labute approximate surface area is 92.0 Å². The first-order chi connectivity index (χ1) is 7.16. The van der Waals surface area contributed by atoms with Gasteiger partial charge in [0.1, 0.15) is 0 Å². The molecule has 0 aromatic carbocycles. The van der Waals surface area contributed by atoms with Crippen molar-refractivity contribution in [2.24, 2.45) is 5.92 Å². The van der Waals surface area contributed by atoms with Crippen molar-refractivity contribution in [1.82, 2.24) is 0 Å². The third kappa shape index (κ3) is 2.93. The van der Waals surface area contributed by atoms with E-state index >= 15 is 0 Å². The van der Waals surface area contributed by atoms with Crippen LogP contribution in [-0.2, 0) is 4.74 Å². The zero-order valence-electron chi connectivity index (χ0n) is 9.70. The van der Waals surface area contributed by atoms with Gasteiger partial charge < -0.3 is 9.84 Å². The summed E-state index contributed by atoms with van der Waals surface area (Å²) in [6.45, 7) is 4.65. The summed E-state index contributed by atoms with van der Waals surface area (Å²) >= 11 is 0. The van der Waals surface area contributed by atoms with Gasteiger partial charge in [0, 0.05) is 19.4 Å². The molecule has 1 aliphatic heterocycles. The quantitative estimate of drug-likeness (QED) is 0.776. The van der Waals surface area contributed by atoms with Crippen LogP contribution in [0.4, 0.5) is 0 Å². The highest BCUT2D eigenvalue weighted by atomic mass is 16.5. The van der Waals surface area contributed by atoms with Crippen molar-refractivity contribution in [3.05, 3.63) is 0 Å². The summed E-state index contributed by atoms with van der Waals surface area (Å²) < 4.78 is 5.58. The molecule has 0 spiro atoms. The Morgan fingerprint density at radius 2 is 2.33 bits per heavy atom. The van der Waals surface area contributed by atoms with Gasteiger partial charge in [-0.2, -0.15) is 5.26 Å². The van der Waals surface area contributed by atoms with Crippen molar-refractivity contribution in [2.45, 2.75) is 57.7 Å². The smallest absolute Gasteiger partial charge is 0.0851 e. The first kappa shape index (κ1) is 12.5. The molecule has 1 rings (SSSR count). The van der Waals surface area contributed by atoms with Crippen LogP contribution < -0.4 is 0 Å². The lowest BCUT2D eigenvalue weighted by Crippen LogP contribution is -2.46. The van der Waals surface area contributed by atoms with Crippen molar-refractivity contribution in [3.8, 4) is 6.07 Å². The molecular formula is C12H21NO2. The minimum atomic E-state index is -0.818. The van der Waals surface area contributed by atoms with Crippen LogP contribution in [0.25, 0.3) is 0 Å². The van der Waals surface area contributed by atoms with E-state index in [1.54, 1.807) is 0 Å². The second-order valence-electron chi connectivity index (χ2n) is 4.43. The number of aliphatic hydroxyl groups is 1. The highest BCUT2D eigenvalue weighted by molar-refractivity contribution is 5.00. The van der Waals surface area contributed by atoms with Crippen LogP contribution in [-0.4, -0.2) is 23.4 Å². The summed E-state index contributed by atoms with van der Waals surface area (Å²) in [5.41, 5.74) is -0.818. The number of ether oxygens (including phenoxy) is 1. The average molecular weight is 211 g/mol. The van der Waals surface area contributed by atoms with E-state index in [0.29, 0.717) is 25.9 Å². The SMILES string of the molecule is CCCC1CC(O)(C(C#N)CC)CCO1. The molecule has 3 nitrogen and oxygen atoms in total. The molecule has 0 aromatic rings. The number of hydrogen-bond donors (Lipinski definition) is 1. The summed E-state index contributed by atoms with van der Waals surface area (Å²) in [6.07, 6.45) is 4.10. The van der Waals surface area contributed by atoms with Crippen LogP contribution in [0.2, 0.25) is 0 Å². The van der Waals surface area contributed by atoms with E-state index in [1.807, 2.05) is 6.92 Å². The molecule has 1 aliphatic rings. The molecule has 0 saturated carbocycles. The summed E-state index contributed by atoms with van der Waals surface area (Å²) in [4.78, 5) is 0. The molecule has 1 saturated heterocycles. The summed E-state index contributed by atoms with van der Waals surface area (Å²) in [5.74, 6) is -0.249. The summed E-state index contributed by atoms with van der Waals surface area (Å²) in [6, 6.07) is 2.22. The van der Waals surface area contributed by atoms with Crippen LogP contribution >= 0.6 is 0 Å². The van der Waals surface area contributed by atoms with Crippen molar-refractivity contribution >= 4 is 0 Å². The third-order valence-electron chi connectivity index (χ3n) is 3.29. The molecule has 1 N–H and O–H groups in total. The first-order valence-corrected chi connectivity index (χ1v) is 5.90. The van der Waals surface area contributed by atoms with E-state index in [0.717, 1.165) is 12.8 Å². The van der Waals surface area contributed by atoms with Crippen LogP contribution in [0, 0.1) is 17.2 Å².